The standard InChI is InChI=1S/C15H27N3/c1-6-16-13(4)14-8-7-10-17-15(14)18(5)11-9-12(2)3/h7-8,10,12-13,16H,6,9,11H2,1-5H3. The van der Waals surface area contributed by atoms with Gasteiger partial charge in [-0.05, 0) is 31.9 Å². The van der Waals surface area contributed by atoms with Gasteiger partial charge < -0.3 is 10.2 Å². The van der Waals surface area contributed by atoms with Crippen LogP contribution in [0.1, 0.15) is 45.7 Å². The molecule has 0 aliphatic carbocycles. The maximum Gasteiger partial charge on any atom is 0.133 e. The van der Waals surface area contributed by atoms with Crippen LogP contribution in [0.4, 0.5) is 5.82 Å². The summed E-state index contributed by atoms with van der Waals surface area (Å²) < 4.78 is 0. The minimum atomic E-state index is 0.347. The van der Waals surface area contributed by atoms with Gasteiger partial charge in [-0.15, -0.1) is 0 Å². The number of aromatic nitrogens is 1. The van der Waals surface area contributed by atoms with Gasteiger partial charge in [-0.25, -0.2) is 4.98 Å². The lowest BCUT2D eigenvalue weighted by atomic mass is 10.1. The van der Waals surface area contributed by atoms with E-state index < -0.39 is 0 Å². The largest absolute Gasteiger partial charge is 0.359 e. The zero-order chi connectivity index (χ0) is 13.5. The molecular formula is C15H27N3. The van der Waals surface area contributed by atoms with Crippen molar-refractivity contribution in [3.8, 4) is 0 Å². The Morgan fingerprint density at radius 1 is 1.33 bits per heavy atom. The van der Waals surface area contributed by atoms with E-state index >= 15 is 0 Å². The average molecular weight is 249 g/mol. The number of anilines is 1. The van der Waals surface area contributed by atoms with Gasteiger partial charge in [0.15, 0.2) is 0 Å². The van der Waals surface area contributed by atoms with Crippen LogP contribution in [0.3, 0.4) is 0 Å². The van der Waals surface area contributed by atoms with E-state index in [0.717, 1.165) is 24.8 Å². The van der Waals surface area contributed by atoms with Crippen LogP contribution >= 0.6 is 0 Å². The Kier molecular flexibility index (Phi) is 6.13. The highest BCUT2D eigenvalue weighted by Crippen LogP contribution is 2.23. The minimum Gasteiger partial charge on any atom is -0.359 e. The van der Waals surface area contributed by atoms with E-state index in [1.807, 2.05) is 12.3 Å². The molecule has 1 aromatic rings. The van der Waals surface area contributed by atoms with Crippen molar-refractivity contribution >= 4 is 5.82 Å². The fraction of sp³-hybridized carbons (Fsp3) is 0.667. The fourth-order valence-electron chi connectivity index (χ4n) is 2.04. The van der Waals surface area contributed by atoms with Gasteiger partial charge in [0, 0.05) is 31.4 Å². The highest BCUT2D eigenvalue weighted by molar-refractivity contribution is 5.47. The summed E-state index contributed by atoms with van der Waals surface area (Å²) in [5, 5.41) is 3.46. The van der Waals surface area contributed by atoms with Crippen molar-refractivity contribution in [3.05, 3.63) is 23.9 Å². The lowest BCUT2D eigenvalue weighted by molar-refractivity contribution is 0.573. The summed E-state index contributed by atoms with van der Waals surface area (Å²) in [5.74, 6) is 1.83. The van der Waals surface area contributed by atoms with Crippen LogP contribution in [0, 0.1) is 5.92 Å². The molecule has 0 aliphatic rings. The Morgan fingerprint density at radius 2 is 2.06 bits per heavy atom. The summed E-state index contributed by atoms with van der Waals surface area (Å²) in [6.45, 7) is 10.9. The molecule has 0 saturated heterocycles. The molecule has 0 aromatic carbocycles. The van der Waals surface area contributed by atoms with Crippen LogP contribution in [-0.2, 0) is 0 Å². The molecule has 3 heteroatoms. The van der Waals surface area contributed by atoms with Gasteiger partial charge in [0.25, 0.3) is 0 Å². The average Bonchev–Trinajstić information content (AvgIpc) is 2.36. The summed E-state index contributed by atoms with van der Waals surface area (Å²) in [7, 11) is 2.13. The molecule has 1 rings (SSSR count). The normalized spacial score (nSPS) is 12.8. The lowest BCUT2D eigenvalue weighted by Crippen LogP contribution is -2.25. The Bertz CT molecular complexity index is 349. The number of nitrogens with zero attached hydrogens (tertiary/aromatic N) is 2. The van der Waals surface area contributed by atoms with Crippen LogP contribution in [-0.4, -0.2) is 25.1 Å². The van der Waals surface area contributed by atoms with Crippen LogP contribution in [0.15, 0.2) is 18.3 Å². The second-order valence-electron chi connectivity index (χ2n) is 5.30. The van der Waals surface area contributed by atoms with Gasteiger partial charge >= 0.3 is 0 Å². The van der Waals surface area contributed by atoms with Crippen molar-refractivity contribution in [1.29, 1.82) is 0 Å². The van der Waals surface area contributed by atoms with Crippen molar-refractivity contribution in [2.24, 2.45) is 5.92 Å². The predicted molar refractivity (Wildman–Crippen MR) is 79.1 cm³/mol. The van der Waals surface area contributed by atoms with Gasteiger partial charge in [-0.2, -0.15) is 0 Å². The molecule has 0 radical (unpaired) electrons. The molecule has 102 valence electrons. The van der Waals surface area contributed by atoms with Crippen LogP contribution in [0.25, 0.3) is 0 Å². The van der Waals surface area contributed by atoms with Crippen molar-refractivity contribution in [1.82, 2.24) is 10.3 Å². The molecule has 0 spiro atoms. The van der Waals surface area contributed by atoms with Crippen molar-refractivity contribution in [2.75, 3.05) is 25.0 Å². The first-order valence-corrected chi connectivity index (χ1v) is 6.95. The molecule has 1 N–H and O–H groups in total. The first-order valence-electron chi connectivity index (χ1n) is 6.95. The minimum absolute atomic E-state index is 0.347. The van der Waals surface area contributed by atoms with Crippen molar-refractivity contribution < 1.29 is 0 Å². The Balaban J connectivity index is 2.80. The van der Waals surface area contributed by atoms with Gasteiger partial charge in [-0.1, -0.05) is 26.8 Å². The van der Waals surface area contributed by atoms with Gasteiger partial charge in [-0.3, -0.25) is 0 Å². The first-order chi connectivity index (χ1) is 8.56. The summed E-state index contributed by atoms with van der Waals surface area (Å²) in [6.07, 6.45) is 3.07. The number of nitrogens with one attached hydrogen (secondary N) is 1. The molecule has 1 heterocycles. The molecule has 0 saturated carbocycles. The molecule has 0 aliphatic heterocycles. The van der Waals surface area contributed by atoms with Crippen molar-refractivity contribution in [3.63, 3.8) is 0 Å². The number of hydrogen-bond acceptors (Lipinski definition) is 3. The third-order valence-corrected chi connectivity index (χ3v) is 3.20. The number of hydrogen-bond donors (Lipinski definition) is 1. The third-order valence-electron chi connectivity index (χ3n) is 3.20. The monoisotopic (exact) mass is 249 g/mol. The van der Waals surface area contributed by atoms with Crippen LogP contribution < -0.4 is 10.2 Å². The molecule has 1 unspecified atom stereocenters. The summed E-state index contributed by atoms with van der Waals surface area (Å²) >= 11 is 0. The van der Waals surface area contributed by atoms with E-state index in [2.05, 4.69) is 56.0 Å². The second kappa shape index (κ2) is 7.37. The fourth-order valence-corrected chi connectivity index (χ4v) is 2.04. The van der Waals surface area contributed by atoms with E-state index in [9.17, 15) is 0 Å². The summed E-state index contributed by atoms with van der Waals surface area (Å²) in [6, 6.07) is 4.53. The zero-order valence-electron chi connectivity index (χ0n) is 12.4. The number of pyridine rings is 1. The van der Waals surface area contributed by atoms with E-state index in [0.29, 0.717) is 6.04 Å². The van der Waals surface area contributed by atoms with Gasteiger partial charge in [0.2, 0.25) is 0 Å². The lowest BCUT2D eigenvalue weighted by Gasteiger charge is -2.24. The molecular weight excluding hydrogens is 222 g/mol. The second-order valence-corrected chi connectivity index (χ2v) is 5.30. The Labute approximate surface area is 112 Å². The molecule has 3 nitrogen and oxygen atoms in total. The third kappa shape index (κ3) is 4.30. The van der Waals surface area contributed by atoms with Gasteiger partial charge in [0.05, 0.1) is 0 Å². The van der Waals surface area contributed by atoms with E-state index in [4.69, 9.17) is 0 Å². The van der Waals surface area contributed by atoms with E-state index in [1.165, 1.54) is 12.0 Å². The first kappa shape index (κ1) is 15.0. The number of rotatable bonds is 7. The molecule has 1 atom stereocenters. The topological polar surface area (TPSA) is 28.2 Å². The zero-order valence-corrected chi connectivity index (χ0v) is 12.4. The van der Waals surface area contributed by atoms with E-state index in [-0.39, 0.29) is 0 Å². The van der Waals surface area contributed by atoms with E-state index in [1.54, 1.807) is 0 Å². The molecule has 0 amide bonds. The van der Waals surface area contributed by atoms with Gasteiger partial charge in [0.1, 0.15) is 5.82 Å². The smallest absolute Gasteiger partial charge is 0.133 e. The summed E-state index contributed by atoms with van der Waals surface area (Å²) in [5.41, 5.74) is 1.28. The molecule has 0 fully saturated rings. The highest BCUT2D eigenvalue weighted by Gasteiger charge is 2.13. The van der Waals surface area contributed by atoms with Crippen molar-refractivity contribution in [2.45, 2.75) is 40.2 Å². The summed E-state index contributed by atoms with van der Waals surface area (Å²) in [4.78, 5) is 6.81. The maximum atomic E-state index is 4.55. The van der Waals surface area contributed by atoms with Crippen LogP contribution in [0.2, 0.25) is 0 Å². The molecule has 1 aromatic heterocycles. The molecule has 0 bridgehead atoms. The Morgan fingerprint density at radius 3 is 2.67 bits per heavy atom. The maximum absolute atomic E-state index is 4.55. The SMILES string of the molecule is CCNC(C)c1cccnc1N(C)CCC(C)C. The Hall–Kier alpha value is -1.09. The molecule has 18 heavy (non-hydrogen) atoms. The quantitative estimate of drug-likeness (QED) is 0.804. The predicted octanol–water partition coefficient (Wildman–Crippen LogP) is 3.23. The highest BCUT2D eigenvalue weighted by atomic mass is 15.2. The van der Waals surface area contributed by atoms with Crippen LogP contribution in [0.5, 0.6) is 0 Å².